The van der Waals surface area contributed by atoms with Gasteiger partial charge in [-0.25, -0.2) is 0 Å². The van der Waals surface area contributed by atoms with Gasteiger partial charge in [-0.1, -0.05) is 5.21 Å². The van der Waals surface area contributed by atoms with E-state index in [0.717, 1.165) is 36.6 Å². The molecule has 0 atom stereocenters. The third kappa shape index (κ3) is 2.99. The molecule has 3 rings (SSSR count). The van der Waals surface area contributed by atoms with Gasteiger partial charge in [-0.3, -0.25) is 4.68 Å². The Morgan fingerprint density at radius 2 is 2.00 bits per heavy atom. The number of ether oxygens (including phenoxy) is 1. The lowest BCUT2D eigenvalue weighted by Gasteiger charge is -2.21. The zero-order valence-electron chi connectivity index (χ0n) is 11.7. The summed E-state index contributed by atoms with van der Waals surface area (Å²) < 4.78 is 7.13. The van der Waals surface area contributed by atoms with Crippen molar-refractivity contribution in [2.45, 2.75) is 19.4 Å². The van der Waals surface area contributed by atoms with Crippen LogP contribution in [-0.2, 0) is 6.54 Å². The summed E-state index contributed by atoms with van der Waals surface area (Å²) in [5, 5.41) is 11.9. The second-order valence-corrected chi connectivity index (χ2v) is 5.25. The van der Waals surface area contributed by atoms with Crippen LogP contribution in [0.15, 0.2) is 30.5 Å². The Morgan fingerprint density at radius 1 is 1.25 bits per heavy atom. The van der Waals surface area contributed by atoms with Crippen LogP contribution in [0.2, 0.25) is 0 Å². The maximum Gasteiger partial charge on any atom is 0.118 e. The van der Waals surface area contributed by atoms with Crippen LogP contribution in [0.3, 0.4) is 0 Å². The lowest BCUT2D eigenvalue weighted by molar-refractivity contribution is 0.318. The minimum atomic E-state index is 0.710. The van der Waals surface area contributed by atoms with Crippen LogP contribution < -0.4 is 10.1 Å². The molecule has 1 fully saturated rings. The molecule has 0 unspecified atom stereocenters. The van der Waals surface area contributed by atoms with Crippen LogP contribution in [0, 0.1) is 5.92 Å². The van der Waals surface area contributed by atoms with Gasteiger partial charge >= 0.3 is 0 Å². The molecule has 5 heteroatoms. The zero-order valence-corrected chi connectivity index (χ0v) is 11.7. The number of nitrogens with one attached hydrogen (secondary N) is 1. The molecule has 20 heavy (non-hydrogen) atoms. The molecule has 1 N–H and O–H groups in total. The highest BCUT2D eigenvalue weighted by molar-refractivity contribution is 5.58. The van der Waals surface area contributed by atoms with E-state index in [1.165, 1.54) is 12.8 Å². The van der Waals surface area contributed by atoms with Gasteiger partial charge in [0, 0.05) is 12.1 Å². The van der Waals surface area contributed by atoms with Crippen molar-refractivity contribution in [3.05, 3.63) is 30.5 Å². The van der Waals surface area contributed by atoms with Gasteiger partial charge in [-0.2, -0.15) is 0 Å². The van der Waals surface area contributed by atoms with Gasteiger partial charge in [0.25, 0.3) is 0 Å². The number of methoxy groups -OCH3 is 1. The normalized spacial score (nSPS) is 16.2. The van der Waals surface area contributed by atoms with E-state index >= 15 is 0 Å². The fourth-order valence-corrected chi connectivity index (χ4v) is 2.61. The highest BCUT2D eigenvalue weighted by Gasteiger charge is 2.14. The van der Waals surface area contributed by atoms with E-state index in [1.54, 1.807) is 7.11 Å². The number of rotatable bonds is 4. The van der Waals surface area contributed by atoms with E-state index in [-0.39, 0.29) is 0 Å². The molecule has 0 aliphatic carbocycles. The topological polar surface area (TPSA) is 52.0 Å². The van der Waals surface area contributed by atoms with Crippen LogP contribution in [0.1, 0.15) is 12.8 Å². The number of nitrogens with zero attached hydrogens (tertiary/aromatic N) is 3. The van der Waals surface area contributed by atoms with Crippen molar-refractivity contribution < 1.29 is 4.74 Å². The molecule has 1 aliphatic rings. The van der Waals surface area contributed by atoms with E-state index in [2.05, 4.69) is 15.6 Å². The van der Waals surface area contributed by atoms with Gasteiger partial charge in [0.05, 0.1) is 13.3 Å². The molecule has 5 nitrogen and oxygen atoms in total. The van der Waals surface area contributed by atoms with Crippen molar-refractivity contribution in [1.29, 1.82) is 0 Å². The summed E-state index contributed by atoms with van der Waals surface area (Å²) in [4.78, 5) is 0. The van der Waals surface area contributed by atoms with Gasteiger partial charge in [-0.05, 0) is 56.1 Å². The molecule has 106 valence electrons. The molecule has 1 aromatic heterocycles. The highest BCUT2D eigenvalue weighted by Crippen LogP contribution is 2.21. The Balaban J connectivity index is 1.68. The molecule has 0 bridgehead atoms. The van der Waals surface area contributed by atoms with E-state index in [0.29, 0.717) is 5.92 Å². The predicted octanol–water partition coefficient (Wildman–Crippen LogP) is 1.95. The highest BCUT2D eigenvalue weighted by atomic mass is 16.5. The second-order valence-electron chi connectivity index (χ2n) is 5.25. The Labute approximate surface area is 118 Å². The minimum Gasteiger partial charge on any atom is -0.497 e. The lowest BCUT2D eigenvalue weighted by atomic mass is 9.98. The van der Waals surface area contributed by atoms with E-state index in [4.69, 9.17) is 4.74 Å². The molecule has 2 heterocycles. The van der Waals surface area contributed by atoms with Crippen molar-refractivity contribution in [2.75, 3.05) is 20.2 Å². The summed E-state index contributed by atoms with van der Waals surface area (Å²) in [7, 11) is 1.67. The second kappa shape index (κ2) is 6.05. The van der Waals surface area contributed by atoms with Gasteiger partial charge in [0.15, 0.2) is 0 Å². The van der Waals surface area contributed by atoms with Gasteiger partial charge < -0.3 is 10.1 Å². The fraction of sp³-hybridized carbons (Fsp3) is 0.467. The summed E-state index contributed by atoms with van der Waals surface area (Å²) in [6.07, 6.45) is 4.47. The first-order valence-corrected chi connectivity index (χ1v) is 7.10. The van der Waals surface area contributed by atoms with Crippen LogP contribution >= 0.6 is 0 Å². The molecule has 0 radical (unpaired) electrons. The standard InChI is InChI=1S/C15H20N4O/c1-20-14-4-2-13(3-5-14)15-11-19(18-17-15)10-12-6-8-16-9-7-12/h2-5,11-12,16H,6-10H2,1H3. The average Bonchev–Trinajstić information content (AvgIpc) is 2.97. The fourth-order valence-electron chi connectivity index (χ4n) is 2.61. The number of piperidine rings is 1. The SMILES string of the molecule is COc1ccc(-c2cn(CC3CCNCC3)nn2)cc1. The Morgan fingerprint density at radius 3 is 2.70 bits per heavy atom. The van der Waals surface area contributed by atoms with E-state index in [1.807, 2.05) is 35.1 Å². The number of hydrogen-bond donors (Lipinski definition) is 1. The van der Waals surface area contributed by atoms with Gasteiger partial charge in [-0.15, -0.1) is 5.10 Å². The lowest BCUT2D eigenvalue weighted by Crippen LogP contribution is -2.30. The molecule has 1 aliphatic heterocycles. The maximum absolute atomic E-state index is 5.16. The molecule has 1 aromatic carbocycles. The Hall–Kier alpha value is -1.88. The smallest absolute Gasteiger partial charge is 0.118 e. The summed E-state index contributed by atoms with van der Waals surface area (Å²) in [5.41, 5.74) is 1.99. The average molecular weight is 272 g/mol. The monoisotopic (exact) mass is 272 g/mol. The molecule has 0 spiro atoms. The molecular formula is C15H20N4O. The first kappa shape index (κ1) is 13.1. The first-order chi connectivity index (χ1) is 9.85. The molecular weight excluding hydrogens is 252 g/mol. The first-order valence-electron chi connectivity index (χ1n) is 7.10. The molecule has 0 amide bonds. The van der Waals surface area contributed by atoms with Crippen LogP contribution in [-0.4, -0.2) is 35.2 Å². The molecule has 2 aromatic rings. The summed E-state index contributed by atoms with van der Waals surface area (Å²) in [6, 6.07) is 7.91. The zero-order chi connectivity index (χ0) is 13.8. The Bertz CT molecular complexity index is 543. The van der Waals surface area contributed by atoms with Crippen LogP contribution in [0.25, 0.3) is 11.3 Å². The van der Waals surface area contributed by atoms with Gasteiger partial charge in [0.2, 0.25) is 0 Å². The van der Waals surface area contributed by atoms with Crippen molar-refractivity contribution in [2.24, 2.45) is 5.92 Å². The van der Waals surface area contributed by atoms with Crippen molar-refractivity contribution in [3.8, 4) is 17.0 Å². The summed E-state index contributed by atoms with van der Waals surface area (Å²) in [5.74, 6) is 1.57. The predicted molar refractivity (Wildman–Crippen MR) is 77.6 cm³/mol. The van der Waals surface area contributed by atoms with Crippen molar-refractivity contribution >= 4 is 0 Å². The quantitative estimate of drug-likeness (QED) is 0.924. The van der Waals surface area contributed by atoms with Crippen LogP contribution in [0.4, 0.5) is 0 Å². The largest absolute Gasteiger partial charge is 0.497 e. The molecule has 1 saturated heterocycles. The minimum absolute atomic E-state index is 0.710. The third-order valence-electron chi connectivity index (χ3n) is 3.83. The summed E-state index contributed by atoms with van der Waals surface area (Å²) in [6.45, 7) is 3.19. The van der Waals surface area contributed by atoms with E-state index in [9.17, 15) is 0 Å². The summed E-state index contributed by atoms with van der Waals surface area (Å²) >= 11 is 0. The van der Waals surface area contributed by atoms with Crippen molar-refractivity contribution in [3.63, 3.8) is 0 Å². The van der Waals surface area contributed by atoms with Crippen LogP contribution in [0.5, 0.6) is 5.75 Å². The number of hydrogen-bond acceptors (Lipinski definition) is 4. The number of benzene rings is 1. The van der Waals surface area contributed by atoms with Crippen molar-refractivity contribution in [1.82, 2.24) is 20.3 Å². The maximum atomic E-state index is 5.16. The van der Waals surface area contributed by atoms with Gasteiger partial charge in [0.1, 0.15) is 11.4 Å². The molecule has 0 saturated carbocycles. The Kier molecular flexibility index (Phi) is 3.97. The third-order valence-corrected chi connectivity index (χ3v) is 3.83. The number of aromatic nitrogens is 3. The van der Waals surface area contributed by atoms with E-state index < -0.39 is 0 Å².